The van der Waals surface area contributed by atoms with Crippen LogP contribution in [0, 0.1) is 6.92 Å². The van der Waals surface area contributed by atoms with E-state index in [0.717, 1.165) is 12.1 Å². The van der Waals surface area contributed by atoms with Crippen molar-refractivity contribution in [2.24, 2.45) is 0 Å². The van der Waals surface area contributed by atoms with E-state index in [9.17, 15) is 0 Å². The number of fused-ring (bicyclic) bond motifs is 1. The smallest absolute Gasteiger partial charge is 0.0702 e. The molecule has 4 nitrogen and oxygen atoms in total. The van der Waals surface area contributed by atoms with Gasteiger partial charge in [0, 0.05) is 41.5 Å². The van der Waals surface area contributed by atoms with E-state index in [1.54, 1.807) is 0 Å². The van der Waals surface area contributed by atoms with E-state index in [0.29, 0.717) is 6.04 Å². The van der Waals surface area contributed by atoms with E-state index in [-0.39, 0.29) is 6.04 Å². The van der Waals surface area contributed by atoms with Crippen molar-refractivity contribution in [1.29, 1.82) is 0 Å². The van der Waals surface area contributed by atoms with Crippen LogP contribution in [0.5, 0.6) is 0 Å². The van der Waals surface area contributed by atoms with E-state index >= 15 is 0 Å². The van der Waals surface area contributed by atoms with Crippen LogP contribution in [0.15, 0.2) is 42.7 Å². The van der Waals surface area contributed by atoms with Crippen LogP contribution < -0.4 is 5.32 Å². The van der Waals surface area contributed by atoms with Crippen molar-refractivity contribution in [3.05, 3.63) is 59.5 Å². The summed E-state index contributed by atoms with van der Waals surface area (Å²) in [4.78, 5) is 4.52. The lowest BCUT2D eigenvalue weighted by atomic mass is 10.1. The third kappa shape index (κ3) is 3.27. The second-order valence-electron chi connectivity index (χ2n) is 6.36. The fourth-order valence-corrected chi connectivity index (χ4v) is 2.98. The molecule has 1 unspecified atom stereocenters. The molecule has 120 valence electrons. The van der Waals surface area contributed by atoms with Crippen molar-refractivity contribution >= 4 is 10.9 Å². The maximum absolute atomic E-state index is 4.52. The van der Waals surface area contributed by atoms with Gasteiger partial charge in [-0.3, -0.25) is 9.67 Å². The minimum Gasteiger partial charge on any atom is -0.306 e. The molecule has 0 aliphatic heterocycles. The molecule has 0 aliphatic rings. The monoisotopic (exact) mass is 308 g/mol. The molecule has 0 amide bonds. The minimum atomic E-state index is 0.258. The van der Waals surface area contributed by atoms with Crippen molar-refractivity contribution in [2.45, 2.75) is 46.3 Å². The molecule has 3 rings (SSSR count). The van der Waals surface area contributed by atoms with E-state index in [1.807, 2.05) is 30.6 Å². The van der Waals surface area contributed by atoms with Crippen LogP contribution >= 0.6 is 0 Å². The number of nitrogens with zero attached hydrogens (tertiary/aromatic N) is 3. The first-order chi connectivity index (χ1) is 11.1. The predicted octanol–water partition coefficient (Wildman–Crippen LogP) is 4.17. The Morgan fingerprint density at radius 2 is 1.91 bits per heavy atom. The van der Waals surface area contributed by atoms with E-state index in [4.69, 9.17) is 0 Å². The van der Waals surface area contributed by atoms with Gasteiger partial charge in [-0.15, -0.1) is 0 Å². The van der Waals surface area contributed by atoms with Crippen LogP contribution in [0.1, 0.15) is 49.7 Å². The number of rotatable bonds is 5. The third-order valence-corrected chi connectivity index (χ3v) is 4.30. The Labute approximate surface area is 137 Å². The Kier molecular flexibility index (Phi) is 4.44. The molecule has 1 aromatic carbocycles. The number of para-hydroxylation sites is 1. The Bertz CT molecular complexity index is 804. The summed E-state index contributed by atoms with van der Waals surface area (Å²) < 4.78 is 2.07. The number of nitrogens with one attached hydrogen (secondary N) is 1. The van der Waals surface area contributed by atoms with Crippen molar-refractivity contribution in [3.63, 3.8) is 0 Å². The normalized spacial score (nSPS) is 12.9. The number of benzene rings is 1. The highest BCUT2D eigenvalue weighted by Crippen LogP contribution is 2.20. The second-order valence-corrected chi connectivity index (χ2v) is 6.36. The Hall–Kier alpha value is -2.20. The molecule has 0 saturated carbocycles. The minimum absolute atomic E-state index is 0.258. The first-order valence-electron chi connectivity index (χ1n) is 8.17. The summed E-state index contributed by atoms with van der Waals surface area (Å²) in [6, 6.07) is 11.1. The van der Waals surface area contributed by atoms with Crippen LogP contribution in [-0.2, 0) is 6.54 Å². The first kappa shape index (κ1) is 15.7. The largest absolute Gasteiger partial charge is 0.306 e. The van der Waals surface area contributed by atoms with Crippen molar-refractivity contribution in [1.82, 2.24) is 20.1 Å². The van der Waals surface area contributed by atoms with Gasteiger partial charge in [0.05, 0.1) is 11.7 Å². The molecular formula is C19H24N4. The van der Waals surface area contributed by atoms with Gasteiger partial charge < -0.3 is 5.32 Å². The molecule has 3 aromatic rings. The molecule has 1 atom stereocenters. The fraction of sp³-hybridized carbons (Fsp3) is 0.368. The average molecular weight is 308 g/mol. The highest BCUT2D eigenvalue weighted by Gasteiger charge is 2.14. The van der Waals surface area contributed by atoms with Gasteiger partial charge in [0.15, 0.2) is 0 Å². The summed E-state index contributed by atoms with van der Waals surface area (Å²) in [5.41, 5.74) is 4.73. The fourth-order valence-electron chi connectivity index (χ4n) is 2.98. The molecule has 0 fully saturated rings. The molecule has 0 spiro atoms. The van der Waals surface area contributed by atoms with Gasteiger partial charge in [-0.1, -0.05) is 18.2 Å². The number of pyridine rings is 1. The lowest BCUT2D eigenvalue weighted by Gasteiger charge is -2.15. The van der Waals surface area contributed by atoms with Crippen molar-refractivity contribution in [3.8, 4) is 0 Å². The lowest BCUT2D eigenvalue weighted by Crippen LogP contribution is -2.19. The van der Waals surface area contributed by atoms with E-state index in [2.05, 4.69) is 59.9 Å². The number of hydrogen-bond donors (Lipinski definition) is 1. The zero-order valence-corrected chi connectivity index (χ0v) is 14.2. The summed E-state index contributed by atoms with van der Waals surface area (Å²) in [7, 11) is 0. The summed E-state index contributed by atoms with van der Waals surface area (Å²) in [6.45, 7) is 9.43. The van der Waals surface area contributed by atoms with Crippen LogP contribution in [0.2, 0.25) is 0 Å². The number of aromatic nitrogens is 3. The quantitative estimate of drug-likeness (QED) is 0.769. The number of hydrogen-bond acceptors (Lipinski definition) is 3. The SMILES string of the molecule is Cc1c(C(C)NCc2cnc3ccccc3c2)cnn1C(C)C. The van der Waals surface area contributed by atoms with Gasteiger partial charge in [-0.25, -0.2) is 0 Å². The molecular weight excluding hydrogens is 284 g/mol. The van der Waals surface area contributed by atoms with Gasteiger partial charge in [0.2, 0.25) is 0 Å². The van der Waals surface area contributed by atoms with Crippen molar-refractivity contribution in [2.75, 3.05) is 0 Å². The highest BCUT2D eigenvalue weighted by atomic mass is 15.3. The molecule has 0 saturated heterocycles. The van der Waals surface area contributed by atoms with E-state index < -0.39 is 0 Å². The molecule has 23 heavy (non-hydrogen) atoms. The van der Waals surface area contributed by atoms with Crippen LogP contribution in [0.4, 0.5) is 0 Å². The van der Waals surface area contributed by atoms with Gasteiger partial charge in [0.25, 0.3) is 0 Å². The average Bonchev–Trinajstić information content (AvgIpc) is 2.94. The van der Waals surface area contributed by atoms with Crippen LogP contribution in [-0.4, -0.2) is 14.8 Å². The predicted molar refractivity (Wildman–Crippen MR) is 94.3 cm³/mol. The Balaban J connectivity index is 1.71. The molecule has 2 heterocycles. The molecule has 2 aromatic heterocycles. The van der Waals surface area contributed by atoms with Crippen LogP contribution in [0.3, 0.4) is 0 Å². The topological polar surface area (TPSA) is 42.7 Å². The Morgan fingerprint density at radius 3 is 2.65 bits per heavy atom. The van der Waals surface area contributed by atoms with Gasteiger partial charge in [0.1, 0.15) is 0 Å². The zero-order chi connectivity index (χ0) is 16.4. The molecule has 0 bridgehead atoms. The summed E-state index contributed by atoms with van der Waals surface area (Å²) in [5.74, 6) is 0. The van der Waals surface area contributed by atoms with Crippen LogP contribution in [0.25, 0.3) is 10.9 Å². The third-order valence-electron chi connectivity index (χ3n) is 4.30. The molecule has 1 N–H and O–H groups in total. The summed E-state index contributed by atoms with van der Waals surface area (Å²) in [5, 5.41) is 9.26. The maximum Gasteiger partial charge on any atom is 0.0702 e. The van der Waals surface area contributed by atoms with E-state index in [1.165, 1.54) is 22.2 Å². The second kappa shape index (κ2) is 6.50. The lowest BCUT2D eigenvalue weighted by molar-refractivity contribution is 0.513. The standard InChI is InChI=1S/C19H24N4/c1-13(2)23-15(4)18(12-22-23)14(3)20-10-16-9-17-7-5-6-8-19(17)21-11-16/h5-9,11-14,20H,10H2,1-4H3. The summed E-state index contributed by atoms with van der Waals surface area (Å²) >= 11 is 0. The zero-order valence-electron chi connectivity index (χ0n) is 14.2. The Morgan fingerprint density at radius 1 is 1.13 bits per heavy atom. The first-order valence-corrected chi connectivity index (χ1v) is 8.17. The maximum atomic E-state index is 4.52. The molecule has 0 aliphatic carbocycles. The van der Waals surface area contributed by atoms with Gasteiger partial charge >= 0.3 is 0 Å². The van der Waals surface area contributed by atoms with Crippen molar-refractivity contribution < 1.29 is 0 Å². The molecule has 0 radical (unpaired) electrons. The highest BCUT2D eigenvalue weighted by molar-refractivity contribution is 5.78. The summed E-state index contributed by atoms with van der Waals surface area (Å²) in [6.07, 6.45) is 3.93. The van der Waals surface area contributed by atoms with Gasteiger partial charge in [-0.05, 0) is 45.4 Å². The molecule has 4 heteroatoms. The van der Waals surface area contributed by atoms with Gasteiger partial charge in [-0.2, -0.15) is 5.10 Å².